The molecule has 1 unspecified atom stereocenters. The van der Waals surface area contributed by atoms with Crippen molar-refractivity contribution in [2.45, 2.75) is 50.0 Å². The lowest BCUT2D eigenvalue weighted by molar-refractivity contribution is -0.130. The summed E-state index contributed by atoms with van der Waals surface area (Å²) < 4.78 is 10.8. The van der Waals surface area contributed by atoms with Gasteiger partial charge in [0.25, 0.3) is 0 Å². The number of primary amides is 1. The van der Waals surface area contributed by atoms with Crippen LogP contribution in [-0.2, 0) is 14.4 Å². The molecule has 0 radical (unpaired) electrons. The SMILES string of the molecule is CCC[C@H](NC(=O)[C@@H]1C[C@]2(C=C(c3ccc4c(c3)OCO4)NO2)CN1)C(O)C(N)=O. The number of ether oxygens (including phenoxy) is 2. The zero-order valence-corrected chi connectivity index (χ0v) is 16.6. The van der Waals surface area contributed by atoms with Gasteiger partial charge < -0.3 is 30.9 Å². The van der Waals surface area contributed by atoms with E-state index in [-0.39, 0.29) is 12.7 Å². The standard InChI is InChI=1S/C20H26N4O6/c1-2-3-12(17(25)18(21)26)23-19(27)14-8-20(9-22-14)7-13(24-30-20)11-4-5-15-16(6-11)29-10-28-15/h4-7,12,14,17,22,24-25H,2-3,8-10H2,1H3,(H2,21,26)(H,23,27)/t12-,14-,17?,20+/m0/s1. The Bertz CT molecular complexity index is 875. The molecule has 1 aromatic carbocycles. The zero-order chi connectivity index (χ0) is 21.3. The molecule has 1 fully saturated rings. The Hall–Kier alpha value is -2.82. The Morgan fingerprint density at radius 1 is 1.37 bits per heavy atom. The van der Waals surface area contributed by atoms with E-state index in [1.54, 1.807) is 0 Å². The summed E-state index contributed by atoms with van der Waals surface area (Å²) in [6, 6.07) is 4.37. The molecule has 30 heavy (non-hydrogen) atoms. The summed E-state index contributed by atoms with van der Waals surface area (Å²) in [4.78, 5) is 29.9. The number of aliphatic hydroxyl groups excluding tert-OH is 1. The van der Waals surface area contributed by atoms with Gasteiger partial charge in [-0.2, -0.15) is 0 Å². The maximum atomic E-state index is 12.7. The molecule has 10 heteroatoms. The maximum absolute atomic E-state index is 12.7. The number of hydrogen-bond donors (Lipinski definition) is 5. The first-order chi connectivity index (χ1) is 14.4. The largest absolute Gasteiger partial charge is 0.454 e. The van der Waals surface area contributed by atoms with Gasteiger partial charge in [0, 0.05) is 18.5 Å². The highest BCUT2D eigenvalue weighted by Crippen LogP contribution is 2.37. The van der Waals surface area contributed by atoms with Gasteiger partial charge in [0.05, 0.1) is 17.8 Å². The number of hydrogen-bond acceptors (Lipinski definition) is 8. The number of hydroxylamine groups is 1. The molecule has 1 spiro atoms. The molecule has 0 bridgehead atoms. The quantitative estimate of drug-likeness (QED) is 0.400. The number of rotatable bonds is 7. The van der Waals surface area contributed by atoms with E-state index in [4.69, 9.17) is 20.0 Å². The van der Waals surface area contributed by atoms with E-state index in [0.717, 1.165) is 11.3 Å². The number of aliphatic hydroxyl groups is 1. The summed E-state index contributed by atoms with van der Waals surface area (Å²) in [5.74, 6) is 0.211. The van der Waals surface area contributed by atoms with Crippen LogP contribution >= 0.6 is 0 Å². The summed E-state index contributed by atoms with van der Waals surface area (Å²) in [6.07, 6.45) is 2.05. The van der Waals surface area contributed by atoms with Crippen molar-refractivity contribution in [1.82, 2.24) is 16.1 Å². The van der Waals surface area contributed by atoms with Crippen molar-refractivity contribution in [3.8, 4) is 11.5 Å². The number of fused-ring (bicyclic) bond motifs is 1. The average Bonchev–Trinajstić information content (AvgIpc) is 3.46. The minimum Gasteiger partial charge on any atom is -0.454 e. The number of benzene rings is 1. The summed E-state index contributed by atoms with van der Waals surface area (Å²) in [7, 11) is 0. The van der Waals surface area contributed by atoms with E-state index in [0.29, 0.717) is 37.3 Å². The van der Waals surface area contributed by atoms with Crippen molar-refractivity contribution in [3.63, 3.8) is 0 Å². The van der Waals surface area contributed by atoms with Crippen LogP contribution in [0.4, 0.5) is 0 Å². The topological polar surface area (TPSA) is 144 Å². The third-order valence-electron chi connectivity index (χ3n) is 5.57. The van der Waals surface area contributed by atoms with E-state index in [9.17, 15) is 14.7 Å². The van der Waals surface area contributed by atoms with Gasteiger partial charge >= 0.3 is 0 Å². The predicted molar refractivity (Wildman–Crippen MR) is 106 cm³/mol. The number of nitrogens with one attached hydrogen (secondary N) is 3. The molecular weight excluding hydrogens is 392 g/mol. The number of nitrogens with two attached hydrogens (primary N) is 1. The van der Waals surface area contributed by atoms with Crippen LogP contribution in [0.2, 0.25) is 0 Å². The van der Waals surface area contributed by atoms with Crippen molar-refractivity contribution in [3.05, 3.63) is 29.8 Å². The Labute approximate surface area is 173 Å². The van der Waals surface area contributed by atoms with Crippen LogP contribution in [-0.4, -0.2) is 54.0 Å². The fraction of sp³-hybridized carbons (Fsp3) is 0.500. The van der Waals surface area contributed by atoms with Gasteiger partial charge in [-0.15, -0.1) is 0 Å². The second kappa shape index (κ2) is 8.13. The van der Waals surface area contributed by atoms with Crippen LogP contribution in [0.15, 0.2) is 24.3 Å². The fourth-order valence-electron chi connectivity index (χ4n) is 3.95. The maximum Gasteiger partial charge on any atom is 0.248 e. The molecule has 3 aliphatic rings. The van der Waals surface area contributed by atoms with Crippen molar-refractivity contribution in [1.29, 1.82) is 0 Å². The molecule has 0 saturated carbocycles. The monoisotopic (exact) mass is 418 g/mol. The minimum absolute atomic E-state index is 0.204. The molecule has 162 valence electrons. The third kappa shape index (κ3) is 3.93. The summed E-state index contributed by atoms with van der Waals surface area (Å²) >= 11 is 0. The van der Waals surface area contributed by atoms with E-state index >= 15 is 0 Å². The first-order valence-corrected chi connectivity index (χ1v) is 9.99. The molecule has 4 atom stereocenters. The highest BCUT2D eigenvalue weighted by molar-refractivity contribution is 5.85. The highest BCUT2D eigenvalue weighted by atomic mass is 16.7. The van der Waals surface area contributed by atoms with Gasteiger partial charge in [-0.25, -0.2) is 0 Å². The number of amides is 2. The van der Waals surface area contributed by atoms with E-state index < -0.39 is 29.7 Å². The molecule has 1 aromatic rings. The van der Waals surface area contributed by atoms with Crippen molar-refractivity contribution >= 4 is 17.5 Å². The van der Waals surface area contributed by atoms with Gasteiger partial charge in [0.2, 0.25) is 18.6 Å². The Morgan fingerprint density at radius 2 is 2.17 bits per heavy atom. The third-order valence-corrected chi connectivity index (χ3v) is 5.57. The minimum atomic E-state index is -1.42. The lowest BCUT2D eigenvalue weighted by Crippen LogP contribution is -2.53. The van der Waals surface area contributed by atoms with Crippen LogP contribution in [0.5, 0.6) is 11.5 Å². The van der Waals surface area contributed by atoms with Crippen LogP contribution in [0.25, 0.3) is 5.70 Å². The molecule has 4 rings (SSSR count). The van der Waals surface area contributed by atoms with Gasteiger partial charge in [0.1, 0.15) is 5.60 Å². The van der Waals surface area contributed by atoms with E-state index in [2.05, 4.69) is 16.1 Å². The van der Waals surface area contributed by atoms with Gasteiger partial charge in [0.15, 0.2) is 17.6 Å². The van der Waals surface area contributed by atoms with Crippen molar-refractivity contribution in [2.24, 2.45) is 5.73 Å². The van der Waals surface area contributed by atoms with Gasteiger partial charge in [-0.1, -0.05) is 13.3 Å². The summed E-state index contributed by atoms with van der Waals surface area (Å²) in [6.45, 7) is 2.54. The second-order valence-electron chi connectivity index (χ2n) is 7.78. The molecule has 2 amide bonds. The first kappa shape index (κ1) is 20.5. The molecule has 0 aliphatic carbocycles. The molecule has 10 nitrogen and oxygen atoms in total. The Morgan fingerprint density at radius 3 is 2.93 bits per heavy atom. The Kier molecular flexibility index (Phi) is 5.54. The molecular formula is C20H26N4O6. The first-order valence-electron chi connectivity index (χ1n) is 9.99. The summed E-state index contributed by atoms with van der Waals surface area (Å²) in [5, 5.41) is 15.9. The lowest BCUT2D eigenvalue weighted by Gasteiger charge is -2.23. The van der Waals surface area contributed by atoms with Crippen molar-refractivity contribution in [2.75, 3.05) is 13.3 Å². The van der Waals surface area contributed by atoms with Crippen LogP contribution < -0.4 is 31.3 Å². The summed E-state index contributed by atoms with van der Waals surface area (Å²) in [5.41, 5.74) is 9.11. The predicted octanol–water partition coefficient (Wildman–Crippen LogP) is -0.477. The van der Waals surface area contributed by atoms with Gasteiger partial charge in [-0.05, 0) is 30.7 Å². The lowest BCUT2D eigenvalue weighted by atomic mass is 9.97. The normalized spacial score (nSPS) is 26.2. The number of carbonyl (C=O) groups is 2. The fourth-order valence-corrected chi connectivity index (χ4v) is 3.95. The zero-order valence-electron chi connectivity index (χ0n) is 16.6. The van der Waals surface area contributed by atoms with Crippen molar-refractivity contribution < 1.29 is 29.0 Å². The molecule has 3 aliphatic heterocycles. The smallest absolute Gasteiger partial charge is 0.248 e. The van der Waals surface area contributed by atoms with Crippen LogP contribution in [0.3, 0.4) is 0 Å². The van der Waals surface area contributed by atoms with E-state index in [1.165, 1.54) is 0 Å². The average molecular weight is 418 g/mol. The van der Waals surface area contributed by atoms with Gasteiger partial charge in [-0.3, -0.25) is 19.9 Å². The molecule has 0 aromatic heterocycles. The Balaban J connectivity index is 1.42. The van der Waals surface area contributed by atoms with Crippen LogP contribution in [0.1, 0.15) is 31.7 Å². The van der Waals surface area contributed by atoms with E-state index in [1.807, 2.05) is 31.2 Å². The molecule has 1 saturated heterocycles. The molecule has 3 heterocycles. The molecule has 6 N–H and O–H groups in total. The van der Waals surface area contributed by atoms with Crippen LogP contribution in [0, 0.1) is 0 Å². The second-order valence-corrected chi connectivity index (χ2v) is 7.78. The highest BCUT2D eigenvalue weighted by Gasteiger charge is 2.45. The number of carbonyl (C=O) groups excluding carboxylic acids is 2.